The van der Waals surface area contributed by atoms with Gasteiger partial charge in [-0.2, -0.15) is 0 Å². The number of hydrogen-bond donors (Lipinski definition) is 1. The Labute approximate surface area is 114 Å². The van der Waals surface area contributed by atoms with E-state index in [4.69, 9.17) is 4.74 Å². The van der Waals surface area contributed by atoms with Crippen LogP contribution in [0.1, 0.15) is 20.3 Å². The number of hydrogen-bond acceptors (Lipinski definition) is 4. The van der Waals surface area contributed by atoms with Gasteiger partial charge in [-0.05, 0) is 24.5 Å². The van der Waals surface area contributed by atoms with E-state index in [1.54, 1.807) is 18.3 Å². The van der Waals surface area contributed by atoms with Gasteiger partial charge in [0.05, 0.1) is 6.10 Å². The number of nitrogens with one attached hydrogen (secondary N) is 1. The van der Waals surface area contributed by atoms with E-state index in [1.165, 1.54) is 6.20 Å². The second-order valence-electron chi connectivity index (χ2n) is 5.17. The van der Waals surface area contributed by atoms with Crippen LogP contribution < -0.4 is 4.72 Å². The summed E-state index contributed by atoms with van der Waals surface area (Å²) >= 11 is 0. The van der Waals surface area contributed by atoms with Gasteiger partial charge in [-0.3, -0.25) is 4.98 Å². The smallest absolute Gasteiger partial charge is 0.242 e. The maximum Gasteiger partial charge on any atom is 0.242 e. The molecule has 0 aromatic carbocycles. The Morgan fingerprint density at radius 1 is 1.53 bits per heavy atom. The quantitative estimate of drug-likeness (QED) is 0.888. The summed E-state index contributed by atoms with van der Waals surface area (Å²) in [5, 5.41) is 0. The predicted octanol–water partition coefficient (Wildman–Crippen LogP) is 1.42. The maximum absolute atomic E-state index is 12.1. The van der Waals surface area contributed by atoms with Gasteiger partial charge < -0.3 is 4.74 Å². The summed E-state index contributed by atoms with van der Waals surface area (Å²) in [5.74, 6) is 0.641. The van der Waals surface area contributed by atoms with Crippen molar-refractivity contribution < 1.29 is 13.2 Å². The zero-order chi connectivity index (χ0) is 13.9. The van der Waals surface area contributed by atoms with Gasteiger partial charge in [0.25, 0.3) is 0 Å². The van der Waals surface area contributed by atoms with Crippen LogP contribution in [0.25, 0.3) is 0 Å². The van der Waals surface area contributed by atoms with Gasteiger partial charge in [-0.15, -0.1) is 0 Å². The molecule has 1 N–H and O–H groups in total. The van der Waals surface area contributed by atoms with Crippen molar-refractivity contribution in [3.8, 4) is 0 Å². The van der Waals surface area contributed by atoms with E-state index in [1.807, 2.05) is 0 Å². The Bertz CT molecular complexity index is 502. The van der Waals surface area contributed by atoms with Crippen LogP contribution in [-0.4, -0.2) is 32.7 Å². The predicted molar refractivity (Wildman–Crippen MR) is 72.1 cm³/mol. The summed E-state index contributed by atoms with van der Waals surface area (Å²) in [6.07, 6.45) is 3.95. The largest absolute Gasteiger partial charge is 0.378 e. The molecule has 106 valence electrons. The van der Waals surface area contributed by atoms with E-state index in [-0.39, 0.29) is 16.9 Å². The first kappa shape index (κ1) is 14.4. The zero-order valence-corrected chi connectivity index (χ0v) is 12.1. The molecule has 1 aromatic rings. The summed E-state index contributed by atoms with van der Waals surface area (Å²) < 4.78 is 32.5. The van der Waals surface area contributed by atoms with Crippen LogP contribution in [0.2, 0.25) is 0 Å². The van der Waals surface area contributed by atoms with Crippen molar-refractivity contribution in [1.82, 2.24) is 9.71 Å². The lowest BCUT2D eigenvalue weighted by Gasteiger charge is -2.22. The molecule has 2 heterocycles. The molecule has 1 aromatic heterocycles. The average Bonchev–Trinajstić information content (AvgIpc) is 2.86. The second-order valence-corrected chi connectivity index (χ2v) is 6.94. The molecule has 0 unspecified atom stereocenters. The first-order valence-corrected chi connectivity index (χ1v) is 8.00. The molecular weight excluding hydrogens is 264 g/mol. The fraction of sp³-hybridized carbons (Fsp3) is 0.615. The average molecular weight is 284 g/mol. The minimum absolute atomic E-state index is 0.136. The number of rotatable bonds is 5. The summed E-state index contributed by atoms with van der Waals surface area (Å²) in [7, 11) is -3.46. The maximum atomic E-state index is 12.1. The molecule has 2 rings (SSSR count). The highest BCUT2D eigenvalue weighted by Crippen LogP contribution is 2.26. The molecule has 0 aliphatic carbocycles. The molecule has 1 aliphatic rings. The summed E-state index contributed by atoms with van der Waals surface area (Å²) in [6.45, 7) is 5.32. The summed E-state index contributed by atoms with van der Waals surface area (Å²) in [4.78, 5) is 4.03. The fourth-order valence-corrected chi connectivity index (χ4v) is 3.47. The zero-order valence-electron chi connectivity index (χ0n) is 11.2. The van der Waals surface area contributed by atoms with Gasteiger partial charge >= 0.3 is 0 Å². The molecule has 0 spiro atoms. The SMILES string of the molecule is CC(C)[C@H]1OCC[C@H]1CNS(=O)(=O)c1cccnc1. The second kappa shape index (κ2) is 5.98. The lowest BCUT2D eigenvalue weighted by Crippen LogP contribution is -2.34. The molecule has 19 heavy (non-hydrogen) atoms. The van der Waals surface area contributed by atoms with Gasteiger partial charge in [-0.25, -0.2) is 13.1 Å². The van der Waals surface area contributed by atoms with E-state index in [0.717, 1.165) is 6.42 Å². The minimum atomic E-state index is -3.46. The Kier molecular flexibility index (Phi) is 4.54. The van der Waals surface area contributed by atoms with Crippen molar-refractivity contribution in [1.29, 1.82) is 0 Å². The molecule has 1 saturated heterocycles. The van der Waals surface area contributed by atoms with Crippen LogP contribution in [0.3, 0.4) is 0 Å². The fourth-order valence-electron chi connectivity index (χ4n) is 2.42. The summed E-state index contributed by atoms with van der Waals surface area (Å²) in [5.41, 5.74) is 0. The molecule has 0 bridgehead atoms. The molecule has 0 radical (unpaired) electrons. The third kappa shape index (κ3) is 3.52. The highest BCUT2D eigenvalue weighted by Gasteiger charge is 2.31. The van der Waals surface area contributed by atoms with Crippen LogP contribution in [0.5, 0.6) is 0 Å². The van der Waals surface area contributed by atoms with Crippen molar-refractivity contribution in [3.05, 3.63) is 24.5 Å². The molecule has 5 nitrogen and oxygen atoms in total. The van der Waals surface area contributed by atoms with Crippen LogP contribution in [0, 0.1) is 11.8 Å². The van der Waals surface area contributed by atoms with E-state index < -0.39 is 10.0 Å². The van der Waals surface area contributed by atoms with E-state index in [9.17, 15) is 8.42 Å². The number of aromatic nitrogens is 1. The van der Waals surface area contributed by atoms with Crippen molar-refractivity contribution in [2.75, 3.05) is 13.2 Å². The van der Waals surface area contributed by atoms with Gasteiger partial charge in [0.15, 0.2) is 0 Å². The highest BCUT2D eigenvalue weighted by atomic mass is 32.2. The molecule has 0 saturated carbocycles. The van der Waals surface area contributed by atoms with Gasteiger partial charge in [-0.1, -0.05) is 13.8 Å². The summed E-state index contributed by atoms with van der Waals surface area (Å²) in [6, 6.07) is 3.16. The van der Waals surface area contributed by atoms with Crippen LogP contribution in [0.4, 0.5) is 0 Å². The molecule has 0 amide bonds. The van der Waals surface area contributed by atoms with Crippen molar-refractivity contribution >= 4 is 10.0 Å². The number of sulfonamides is 1. The molecular formula is C13H20N2O3S. The standard InChI is InChI=1S/C13H20N2O3S/c1-10(2)13-11(5-7-18-13)8-15-19(16,17)12-4-3-6-14-9-12/h3-4,6,9-11,13,15H,5,7-8H2,1-2H3/t11-,13+/m0/s1. The Morgan fingerprint density at radius 3 is 2.95 bits per heavy atom. The van der Waals surface area contributed by atoms with E-state index >= 15 is 0 Å². The Balaban J connectivity index is 1.99. The molecule has 1 fully saturated rings. The van der Waals surface area contributed by atoms with Crippen molar-refractivity contribution in [3.63, 3.8) is 0 Å². The highest BCUT2D eigenvalue weighted by molar-refractivity contribution is 7.89. The number of ether oxygens (including phenoxy) is 1. The Hall–Kier alpha value is -0.980. The van der Waals surface area contributed by atoms with Crippen LogP contribution >= 0.6 is 0 Å². The first-order chi connectivity index (χ1) is 9.00. The van der Waals surface area contributed by atoms with E-state index in [2.05, 4.69) is 23.6 Å². The molecule has 2 atom stereocenters. The van der Waals surface area contributed by atoms with Crippen LogP contribution in [0.15, 0.2) is 29.4 Å². The monoisotopic (exact) mass is 284 g/mol. The molecule has 6 heteroatoms. The number of nitrogens with zero attached hydrogens (tertiary/aromatic N) is 1. The van der Waals surface area contributed by atoms with E-state index in [0.29, 0.717) is 19.1 Å². The third-order valence-corrected chi connectivity index (χ3v) is 4.81. The Morgan fingerprint density at radius 2 is 2.32 bits per heavy atom. The lowest BCUT2D eigenvalue weighted by atomic mass is 9.93. The third-order valence-electron chi connectivity index (χ3n) is 3.40. The lowest BCUT2D eigenvalue weighted by molar-refractivity contribution is 0.0551. The first-order valence-electron chi connectivity index (χ1n) is 6.52. The molecule has 1 aliphatic heterocycles. The van der Waals surface area contributed by atoms with Gasteiger partial charge in [0, 0.05) is 31.5 Å². The van der Waals surface area contributed by atoms with Crippen molar-refractivity contribution in [2.24, 2.45) is 11.8 Å². The van der Waals surface area contributed by atoms with Gasteiger partial charge in [0.2, 0.25) is 10.0 Å². The minimum Gasteiger partial charge on any atom is -0.378 e. The number of pyridine rings is 1. The van der Waals surface area contributed by atoms with Gasteiger partial charge in [0.1, 0.15) is 4.90 Å². The normalized spacial score (nSPS) is 23.9. The van der Waals surface area contributed by atoms with Crippen LogP contribution in [-0.2, 0) is 14.8 Å². The topological polar surface area (TPSA) is 68.3 Å². The van der Waals surface area contributed by atoms with Crippen molar-refractivity contribution in [2.45, 2.75) is 31.3 Å².